The van der Waals surface area contributed by atoms with E-state index in [1.807, 2.05) is 7.05 Å². The molecule has 0 aromatic heterocycles. The van der Waals surface area contributed by atoms with Crippen LogP contribution in [0.4, 0.5) is 0 Å². The Morgan fingerprint density at radius 2 is 1.96 bits per heavy atom. The maximum Gasteiger partial charge on any atom is 0.193 e. The summed E-state index contributed by atoms with van der Waals surface area (Å²) in [6.07, 6.45) is 9.48. The molecule has 132 valence electrons. The van der Waals surface area contributed by atoms with Gasteiger partial charge in [-0.3, -0.25) is 9.89 Å². The van der Waals surface area contributed by atoms with Gasteiger partial charge in [-0.15, -0.1) is 24.0 Å². The first kappa shape index (κ1) is 19.0. The summed E-state index contributed by atoms with van der Waals surface area (Å²) in [6.45, 7) is 7.39. The number of hydrogen-bond acceptors (Lipinski definition) is 3. The highest BCUT2D eigenvalue weighted by Crippen LogP contribution is 2.19. The number of aliphatic imine (C=N–C) groups is 1. The number of ether oxygens (including phenoxy) is 1. The summed E-state index contributed by atoms with van der Waals surface area (Å²) in [7, 11) is 1.90. The minimum absolute atomic E-state index is 0. The van der Waals surface area contributed by atoms with E-state index in [2.05, 4.69) is 32.3 Å². The molecule has 5 nitrogen and oxygen atoms in total. The predicted octanol–water partition coefficient (Wildman–Crippen LogP) is 1.94. The van der Waals surface area contributed by atoms with Crippen LogP contribution in [0.15, 0.2) is 17.1 Å². The molecule has 3 rings (SSSR count). The van der Waals surface area contributed by atoms with Crippen molar-refractivity contribution in [1.82, 2.24) is 15.1 Å². The second-order valence-corrected chi connectivity index (χ2v) is 6.63. The fraction of sp³-hybridized carbons (Fsp3) is 0.824. The van der Waals surface area contributed by atoms with Crippen molar-refractivity contribution in [3.05, 3.63) is 12.2 Å². The third kappa shape index (κ3) is 5.32. The van der Waals surface area contributed by atoms with Gasteiger partial charge in [0.05, 0.1) is 0 Å². The first-order valence-electron chi connectivity index (χ1n) is 8.79. The molecule has 0 aromatic rings. The van der Waals surface area contributed by atoms with E-state index in [0.29, 0.717) is 6.04 Å². The Balaban J connectivity index is 0.00000192. The maximum absolute atomic E-state index is 5.43. The maximum atomic E-state index is 5.43. The molecule has 2 saturated heterocycles. The van der Waals surface area contributed by atoms with Crippen molar-refractivity contribution in [2.24, 2.45) is 10.9 Å². The van der Waals surface area contributed by atoms with Crippen molar-refractivity contribution >= 4 is 29.9 Å². The fourth-order valence-corrected chi connectivity index (χ4v) is 3.78. The number of halogens is 1. The highest BCUT2D eigenvalue weighted by molar-refractivity contribution is 14.0. The SMILES string of the molecule is CN=C(NCCC1CCOCC1)N1CCC(N2CC=CC2)C1.I. The van der Waals surface area contributed by atoms with Crippen LogP contribution < -0.4 is 5.32 Å². The van der Waals surface area contributed by atoms with Crippen molar-refractivity contribution < 1.29 is 4.74 Å². The number of guanidine groups is 1. The molecule has 1 N–H and O–H groups in total. The van der Waals surface area contributed by atoms with Crippen LogP contribution in [0.5, 0.6) is 0 Å². The standard InChI is InChI=1S/C17H30N4O.HI/c1-18-17(19-8-4-15-6-12-22-13-7-15)21-11-5-16(14-21)20-9-2-3-10-20;/h2-3,15-16H,4-14H2,1H3,(H,18,19);1H. The van der Waals surface area contributed by atoms with E-state index in [9.17, 15) is 0 Å². The van der Waals surface area contributed by atoms with Crippen LogP contribution in [-0.4, -0.2) is 74.8 Å². The van der Waals surface area contributed by atoms with E-state index >= 15 is 0 Å². The molecule has 0 aromatic carbocycles. The van der Waals surface area contributed by atoms with Gasteiger partial charge in [-0.25, -0.2) is 0 Å². The summed E-state index contributed by atoms with van der Waals surface area (Å²) < 4.78 is 5.43. The van der Waals surface area contributed by atoms with Gasteiger partial charge in [0.2, 0.25) is 0 Å². The van der Waals surface area contributed by atoms with Crippen LogP contribution in [0.1, 0.15) is 25.7 Å². The Kier molecular flexibility index (Phi) is 8.12. The number of nitrogens with zero attached hydrogens (tertiary/aromatic N) is 3. The van der Waals surface area contributed by atoms with Crippen LogP contribution in [0, 0.1) is 5.92 Å². The average molecular weight is 434 g/mol. The minimum atomic E-state index is 0. The third-order valence-electron chi connectivity index (χ3n) is 5.21. The lowest BCUT2D eigenvalue weighted by atomic mass is 9.97. The van der Waals surface area contributed by atoms with Crippen molar-refractivity contribution in [2.45, 2.75) is 31.7 Å². The predicted molar refractivity (Wildman–Crippen MR) is 106 cm³/mol. The Morgan fingerprint density at radius 3 is 2.65 bits per heavy atom. The Bertz CT molecular complexity index is 401. The molecule has 0 amide bonds. The van der Waals surface area contributed by atoms with Gasteiger partial charge in [0.1, 0.15) is 0 Å². The van der Waals surface area contributed by atoms with Gasteiger partial charge in [0.15, 0.2) is 5.96 Å². The lowest BCUT2D eigenvalue weighted by Gasteiger charge is -2.26. The average Bonchev–Trinajstić information content (AvgIpc) is 3.23. The van der Waals surface area contributed by atoms with Crippen LogP contribution in [-0.2, 0) is 4.74 Å². The van der Waals surface area contributed by atoms with Crippen molar-refractivity contribution in [3.8, 4) is 0 Å². The van der Waals surface area contributed by atoms with Gasteiger partial charge in [0, 0.05) is 59.0 Å². The number of hydrogen-bond donors (Lipinski definition) is 1. The molecule has 0 spiro atoms. The van der Waals surface area contributed by atoms with Gasteiger partial charge in [0.25, 0.3) is 0 Å². The lowest BCUT2D eigenvalue weighted by molar-refractivity contribution is 0.0643. The summed E-state index contributed by atoms with van der Waals surface area (Å²) in [4.78, 5) is 9.47. The zero-order valence-electron chi connectivity index (χ0n) is 14.2. The highest BCUT2D eigenvalue weighted by atomic mass is 127. The molecule has 0 radical (unpaired) electrons. The second-order valence-electron chi connectivity index (χ2n) is 6.63. The molecule has 0 saturated carbocycles. The molecule has 1 atom stereocenters. The lowest BCUT2D eigenvalue weighted by Crippen LogP contribution is -2.43. The molecule has 3 aliphatic rings. The number of likely N-dealkylation sites (tertiary alicyclic amines) is 1. The van der Waals surface area contributed by atoms with Gasteiger partial charge in [-0.05, 0) is 31.6 Å². The fourth-order valence-electron chi connectivity index (χ4n) is 3.78. The Hall–Kier alpha value is -0.340. The molecule has 0 bridgehead atoms. The summed E-state index contributed by atoms with van der Waals surface area (Å²) >= 11 is 0. The van der Waals surface area contributed by atoms with Crippen LogP contribution in [0.2, 0.25) is 0 Å². The first-order valence-corrected chi connectivity index (χ1v) is 8.79. The molecule has 2 fully saturated rings. The monoisotopic (exact) mass is 434 g/mol. The molecule has 1 unspecified atom stereocenters. The zero-order valence-corrected chi connectivity index (χ0v) is 16.6. The molecular formula is C17H31IN4O. The molecule has 0 aliphatic carbocycles. The highest BCUT2D eigenvalue weighted by Gasteiger charge is 2.29. The number of nitrogens with one attached hydrogen (secondary N) is 1. The Labute approximate surface area is 157 Å². The van der Waals surface area contributed by atoms with E-state index in [-0.39, 0.29) is 24.0 Å². The summed E-state index contributed by atoms with van der Waals surface area (Å²) in [5.41, 5.74) is 0. The summed E-state index contributed by atoms with van der Waals surface area (Å²) in [6, 6.07) is 0.684. The van der Waals surface area contributed by atoms with Crippen molar-refractivity contribution in [3.63, 3.8) is 0 Å². The van der Waals surface area contributed by atoms with E-state index in [0.717, 1.165) is 57.8 Å². The van der Waals surface area contributed by atoms with Crippen molar-refractivity contribution in [1.29, 1.82) is 0 Å². The molecule has 6 heteroatoms. The van der Waals surface area contributed by atoms with Crippen LogP contribution >= 0.6 is 24.0 Å². The van der Waals surface area contributed by atoms with Crippen molar-refractivity contribution in [2.75, 3.05) is 53.0 Å². The largest absolute Gasteiger partial charge is 0.381 e. The van der Waals surface area contributed by atoms with E-state index < -0.39 is 0 Å². The second kappa shape index (κ2) is 9.84. The van der Waals surface area contributed by atoms with Gasteiger partial charge in [-0.1, -0.05) is 12.2 Å². The number of rotatable bonds is 4. The first-order chi connectivity index (χ1) is 10.9. The summed E-state index contributed by atoms with van der Waals surface area (Å²) in [5.74, 6) is 1.91. The molecule has 3 aliphatic heterocycles. The topological polar surface area (TPSA) is 40.1 Å². The minimum Gasteiger partial charge on any atom is -0.381 e. The normalized spacial score (nSPS) is 26.6. The molecule has 3 heterocycles. The zero-order chi connectivity index (χ0) is 15.2. The molecular weight excluding hydrogens is 403 g/mol. The smallest absolute Gasteiger partial charge is 0.193 e. The summed E-state index contributed by atoms with van der Waals surface area (Å²) in [5, 5.41) is 3.57. The third-order valence-corrected chi connectivity index (χ3v) is 5.21. The van der Waals surface area contributed by atoms with Crippen LogP contribution in [0.25, 0.3) is 0 Å². The quantitative estimate of drug-likeness (QED) is 0.318. The Morgan fingerprint density at radius 1 is 1.22 bits per heavy atom. The molecule has 23 heavy (non-hydrogen) atoms. The van der Waals surface area contributed by atoms with E-state index in [4.69, 9.17) is 4.74 Å². The van der Waals surface area contributed by atoms with Gasteiger partial charge < -0.3 is 15.0 Å². The van der Waals surface area contributed by atoms with Gasteiger partial charge in [-0.2, -0.15) is 0 Å². The van der Waals surface area contributed by atoms with Gasteiger partial charge >= 0.3 is 0 Å². The van der Waals surface area contributed by atoms with E-state index in [1.165, 1.54) is 25.7 Å². The van der Waals surface area contributed by atoms with E-state index in [1.54, 1.807) is 0 Å². The van der Waals surface area contributed by atoms with Crippen LogP contribution in [0.3, 0.4) is 0 Å².